The Kier molecular flexibility index (Phi) is 3.33. The largest absolute Gasteiger partial charge is 0.382 e. The Labute approximate surface area is 101 Å². The van der Waals surface area contributed by atoms with E-state index in [1.54, 1.807) is 13.2 Å². The number of carbonyl (C=O) groups is 1. The SMILES string of the molecule is COC1CC(Nc2cccc(C(N)=O)c2C)C1. The molecular weight excluding hydrogens is 216 g/mol. The molecule has 1 fully saturated rings. The quantitative estimate of drug-likeness (QED) is 0.833. The van der Waals surface area contributed by atoms with Crippen molar-refractivity contribution in [1.82, 2.24) is 0 Å². The third kappa shape index (κ3) is 2.42. The van der Waals surface area contributed by atoms with Gasteiger partial charge in [-0.25, -0.2) is 0 Å². The van der Waals surface area contributed by atoms with Crippen LogP contribution in [-0.4, -0.2) is 25.2 Å². The first-order valence-electron chi connectivity index (χ1n) is 5.80. The van der Waals surface area contributed by atoms with Crippen LogP contribution in [0.2, 0.25) is 0 Å². The molecule has 2 rings (SSSR count). The Hall–Kier alpha value is -1.55. The summed E-state index contributed by atoms with van der Waals surface area (Å²) in [7, 11) is 1.74. The first kappa shape index (κ1) is 11.9. The summed E-state index contributed by atoms with van der Waals surface area (Å²) in [4.78, 5) is 11.2. The van der Waals surface area contributed by atoms with Gasteiger partial charge in [-0.1, -0.05) is 6.07 Å². The topological polar surface area (TPSA) is 64.3 Å². The van der Waals surface area contributed by atoms with Gasteiger partial charge in [-0.3, -0.25) is 4.79 Å². The maximum atomic E-state index is 11.2. The summed E-state index contributed by atoms with van der Waals surface area (Å²) in [6, 6.07) is 6.01. The number of carbonyl (C=O) groups excluding carboxylic acids is 1. The first-order chi connectivity index (χ1) is 8.11. The highest BCUT2D eigenvalue weighted by molar-refractivity contribution is 5.95. The normalized spacial score (nSPS) is 22.9. The highest BCUT2D eigenvalue weighted by Crippen LogP contribution is 2.28. The van der Waals surface area contributed by atoms with Crippen molar-refractivity contribution in [3.8, 4) is 0 Å². The Bertz CT molecular complexity index is 425. The van der Waals surface area contributed by atoms with Gasteiger partial charge in [0.2, 0.25) is 5.91 Å². The van der Waals surface area contributed by atoms with E-state index in [2.05, 4.69) is 5.32 Å². The summed E-state index contributed by atoms with van der Waals surface area (Å²) in [5, 5.41) is 3.42. The van der Waals surface area contributed by atoms with Gasteiger partial charge in [0, 0.05) is 24.4 Å². The fourth-order valence-electron chi connectivity index (χ4n) is 2.15. The maximum absolute atomic E-state index is 11.2. The second kappa shape index (κ2) is 4.75. The molecule has 17 heavy (non-hydrogen) atoms. The van der Waals surface area contributed by atoms with Gasteiger partial charge in [0.1, 0.15) is 0 Å². The van der Waals surface area contributed by atoms with Gasteiger partial charge in [-0.2, -0.15) is 0 Å². The molecule has 0 bridgehead atoms. The van der Waals surface area contributed by atoms with Crippen molar-refractivity contribution in [2.75, 3.05) is 12.4 Å². The summed E-state index contributed by atoms with van der Waals surface area (Å²) in [5.74, 6) is -0.380. The highest BCUT2D eigenvalue weighted by Gasteiger charge is 2.29. The minimum absolute atomic E-state index is 0.368. The molecule has 0 atom stereocenters. The van der Waals surface area contributed by atoms with E-state index in [1.807, 2.05) is 19.1 Å². The summed E-state index contributed by atoms with van der Waals surface area (Å²) in [6.07, 6.45) is 2.39. The second-order valence-electron chi connectivity index (χ2n) is 4.51. The lowest BCUT2D eigenvalue weighted by Gasteiger charge is -2.35. The number of benzene rings is 1. The molecule has 1 aliphatic carbocycles. The van der Waals surface area contributed by atoms with Gasteiger partial charge < -0.3 is 15.8 Å². The van der Waals surface area contributed by atoms with Crippen LogP contribution in [0.1, 0.15) is 28.8 Å². The van der Waals surface area contributed by atoms with Crippen LogP contribution in [0.3, 0.4) is 0 Å². The van der Waals surface area contributed by atoms with E-state index >= 15 is 0 Å². The molecule has 1 saturated carbocycles. The molecule has 0 heterocycles. The number of primary amides is 1. The highest BCUT2D eigenvalue weighted by atomic mass is 16.5. The van der Waals surface area contributed by atoms with Crippen LogP contribution in [0, 0.1) is 6.92 Å². The molecule has 0 aliphatic heterocycles. The first-order valence-corrected chi connectivity index (χ1v) is 5.80. The van der Waals surface area contributed by atoms with E-state index in [9.17, 15) is 4.79 Å². The van der Waals surface area contributed by atoms with E-state index in [4.69, 9.17) is 10.5 Å². The number of anilines is 1. The van der Waals surface area contributed by atoms with Crippen LogP contribution >= 0.6 is 0 Å². The van der Waals surface area contributed by atoms with Gasteiger partial charge in [-0.05, 0) is 37.5 Å². The molecule has 92 valence electrons. The Balaban J connectivity index is 2.07. The van der Waals surface area contributed by atoms with Crippen molar-refractivity contribution >= 4 is 11.6 Å². The predicted molar refractivity (Wildman–Crippen MR) is 67.1 cm³/mol. The standard InChI is InChI=1S/C13H18N2O2/c1-8-11(13(14)16)4-3-5-12(8)15-9-6-10(7-9)17-2/h3-5,9-10,15H,6-7H2,1-2H3,(H2,14,16). The van der Waals surface area contributed by atoms with Crippen molar-refractivity contribution in [3.05, 3.63) is 29.3 Å². The minimum Gasteiger partial charge on any atom is -0.382 e. The molecule has 0 aromatic heterocycles. The van der Waals surface area contributed by atoms with Crippen molar-refractivity contribution in [2.24, 2.45) is 5.73 Å². The van der Waals surface area contributed by atoms with Gasteiger partial charge in [-0.15, -0.1) is 0 Å². The van der Waals surface area contributed by atoms with Crippen LogP contribution in [-0.2, 0) is 4.74 Å². The number of ether oxygens (including phenoxy) is 1. The Morgan fingerprint density at radius 1 is 1.47 bits per heavy atom. The van der Waals surface area contributed by atoms with Crippen LogP contribution in [0.25, 0.3) is 0 Å². The van der Waals surface area contributed by atoms with Crippen molar-refractivity contribution in [1.29, 1.82) is 0 Å². The number of hydrogen-bond donors (Lipinski definition) is 2. The van der Waals surface area contributed by atoms with Gasteiger partial charge in [0.05, 0.1) is 6.10 Å². The number of hydrogen-bond acceptors (Lipinski definition) is 3. The maximum Gasteiger partial charge on any atom is 0.249 e. The smallest absolute Gasteiger partial charge is 0.249 e. The van der Waals surface area contributed by atoms with Gasteiger partial charge >= 0.3 is 0 Å². The van der Waals surface area contributed by atoms with Crippen LogP contribution in [0.4, 0.5) is 5.69 Å². The average molecular weight is 234 g/mol. The van der Waals surface area contributed by atoms with Crippen molar-refractivity contribution < 1.29 is 9.53 Å². The molecule has 1 aromatic rings. The third-order valence-corrected chi connectivity index (χ3v) is 3.39. The number of methoxy groups -OCH3 is 1. The molecule has 3 N–H and O–H groups in total. The number of nitrogens with two attached hydrogens (primary N) is 1. The summed E-state index contributed by atoms with van der Waals surface area (Å²) in [6.45, 7) is 1.91. The van der Waals surface area contributed by atoms with E-state index in [0.717, 1.165) is 24.1 Å². The lowest BCUT2D eigenvalue weighted by molar-refractivity contribution is 0.0328. The van der Waals surface area contributed by atoms with Crippen LogP contribution in [0.15, 0.2) is 18.2 Å². The summed E-state index contributed by atoms with van der Waals surface area (Å²) in [5.41, 5.74) is 7.80. The zero-order valence-electron chi connectivity index (χ0n) is 10.2. The number of amides is 1. The van der Waals surface area contributed by atoms with Crippen LogP contribution < -0.4 is 11.1 Å². The van der Waals surface area contributed by atoms with E-state index in [1.165, 1.54) is 0 Å². The Morgan fingerprint density at radius 2 is 2.18 bits per heavy atom. The van der Waals surface area contributed by atoms with E-state index < -0.39 is 0 Å². The predicted octanol–water partition coefficient (Wildman–Crippen LogP) is 1.68. The lowest BCUT2D eigenvalue weighted by Crippen LogP contribution is -2.40. The van der Waals surface area contributed by atoms with Gasteiger partial charge in [0.15, 0.2) is 0 Å². The number of nitrogens with one attached hydrogen (secondary N) is 1. The molecule has 4 nitrogen and oxygen atoms in total. The summed E-state index contributed by atoms with van der Waals surface area (Å²) >= 11 is 0. The number of rotatable bonds is 4. The molecule has 1 aromatic carbocycles. The molecule has 4 heteroatoms. The molecule has 0 saturated heterocycles. The summed E-state index contributed by atoms with van der Waals surface area (Å²) < 4.78 is 5.23. The fourth-order valence-corrected chi connectivity index (χ4v) is 2.15. The van der Waals surface area contributed by atoms with E-state index in [0.29, 0.717) is 17.7 Å². The van der Waals surface area contributed by atoms with E-state index in [-0.39, 0.29) is 5.91 Å². The van der Waals surface area contributed by atoms with Gasteiger partial charge in [0.25, 0.3) is 0 Å². The zero-order valence-corrected chi connectivity index (χ0v) is 10.2. The Morgan fingerprint density at radius 3 is 2.76 bits per heavy atom. The molecule has 1 aliphatic rings. The molecule has 0 spiro atoms. The minimum atomic E-state index is -0.380. The van der Waals surface area contributed by atoms with Crippen molar-refractivity contribution in [3.63, 3.8) is 0 Å². The third-order valence-electron chi connectivity index (χ3n) is 3.39. The molecule has 1 amide bonds. The average Bonchev–Trinajstić information content (AvgIpc) is 2.24. The molecule has 0 unspecified atom stereocenters. The lowest BCUT2D eigenvalue weighted by atomic mass is 9.88. The second-order valence-corrected chi connectivity index (χ2v) is 4.51. The fraction of sp³-hybridized carbons (Fsp3) is 0.462. The molecular formula is C13H18N2O2. The zero-order chi connectivity index (χ0) is 12.4. The monoisotopic (exact) mass is 234 g/mol. The van der Waals surface area contributed by atoms with Crippen LogP contribution in [0.5, 0.6) is 0 Å². The van der Waals surface area contributed by atoms with Crippen molar-refractivity contribution in [2.45, 2.75) is 31.9 Å². The molecule has 0 radical (unpaired) electrons.